The third kappa shape index (κ3) is 2.52. The van der Waals surface area contributed by atoms with Gasteiger partial charge in [0.25, 0.3) is 0 Å². The number of nitrogens with one attached hydrogen (secondary N) is 2. The molecule has 1 aliphatic carbocycles. The van der Waals surface area contributed by atoms with E-state index in [0.29, 0.717) is 18.0 Å². The molecule has 7 nitrogen and oxygen atoms in total. The lowest BCUT2D eigenvalue weighted by Gasteiger charge is -2.25. The zero-order valence-electron chi connectivity index (χ0n) is 14.0. The van der Waals surface area contributed by atoms with Gasteiger partial charge >= 0.3 is 6.09 Å². The summed E-state index contributed by atoms with van der Waals surface area (Å²) >= 11 is 0. The predicted molar refractivity (Wildman–Crippen MR) is 95.8 cm³/mol. The standard InChI is InChI=1S/C19H18N4O3/c24-6-4-17-12-8-13-16(9-15(12)21-19(25)26-17)22-23-18(13)11-3-5-20-14(7-11)10-1-2-10/h3,5,7-10,17,24H,1-2,4,6H2,(H,21,25)(H,22,23). The molecule has 132 valence electrons. The summed E-state index contributed by atoms with van der Waals surface area (Å²) in [6.45, 7) is -0.0528. The largest absolute Gasteiger partial charge is 0.441 e. The maximum atomic E-state index is 11.7. The first kappa shape index (κ1) is 15.3. The van der Waals surface area contributed by atoms with Crippen LogP contribution in [0, 0.1) is 0 Å². The number of carbonyl (C=O) groups excluding carboxylic acids is 1. The molecule has 7 heteroatoms. The number of ether oxygens (including phenoxy) is 1. The average Bonchev–Trinajstić information content (AvgIpc) is 3.41. The number of carbonyl (C=O) groups is 1. The van der Waals surface area contributed by atoms with Crippen molar-refractivity contribution in [1.29, 1.82) is 0 Å². The van der Waals surface area contributed by atoms with Gasteiger partial charge in [-0.1, -0.05) is 0 Å². The molecule has 5 rings (SSSR count). The molecule has 1 fully saturated rings. The lowest BCUT2D eigenvalue weighted by atomic mass is 9.98. The van der Waals surface area contributed by atoms with Crippen molar-refractivity contribution in [2.24, 2.45) is 0 Å². The summed E-state index contributed by atoms with van der Waals surface area (Å²) in [5, 5.41) is 20.5. The highest BCUT2D eigenvalue weighted by molar-refractivity contribution is 5.98. The molecule has 2 aromatic heterocycles. The Morgan fingerprint density at radius 3 is 2.96 bits per heavy atom. The quantitative estimate of drug-likeness (QED) is 0.669. The molecule has 3 heterocycles. The molecule has 3 N–H and O–H groups in total. The van der Waals surface area contributed by atoms with Gasteiger partial charge in [0.1, 0.15) is 11.8 Å². The SMILES string of the molecule is O=C1Nc2cc3[nH]nc(-c4ccnc(C5CC5)c4)c3cc2C(CCO)O1. The number of aromatic amines is 1. The topological polar surface area (TPSA) is 100 Å². The number of H-pyrrole nitrogens is 1. The van der Waals surface area contributed by atoms with Gasteiger partial charge in [-0.2, -0.15) is 5.10 Å². The van der Waals surface area contributed by atoms with E-state index in [1.807, 2.05) is 24.4 Å². The van der Waals surface area contributed by atoms with E-state index in [-0.39, 0.29) is 6.61 Å². The van der Waals surface area contributed by atoms with E-state index in [1.54, 1.807) is 0 Å². The van der Waals surface area contributed by atoms with E-state index in [0.717, 1.165) is 33.4 Å². The maximum absolute atomic E-state index is 11.7. The number of rotatable bonds is 4. The van der Waals surface area contributed by atoms with Crippen molar-refractivity contribution < 1.29 is 14.6 Å². The minimum absolute atomic E-state index is 0.0528. The Hall–Kier alpha value is -2.93. The minimum atomic E-state index is -0.502. The van der Waals surface area contributed by atoms with Crippen LogP contribution in [0.4, 0.5) is 10.5 Å². The van der Waals surface area contributed by atoms with Crippen LogP contribution in [0.15, 0.2) is 30.5 Å². The molecule has 26 heavy (non-hydrogen) atoms. The van der Waals surface area contributed by atoms with E-state index in [9.17, 15) is 9.90 Å². The number of fused-ring (bicyclic) bond motifs is 2. The van der Waals surface area contributed by atoms with Gasteiger partial charge in [-0.25, -0.2) is 4.79 Å². The highest BCUT2D eigenvalue weighted by Gasteiger charge is 2.28. The first-order valence-corrected chi connectivity index (χ1v) is 8.80. The van der Waals surface area contributed by atoms with Crippen LogP contribution in [0.5, 0.6) is 0 Å². The van der Waals surface area contributed by atoms with Gasteiger partial charge in [-0.05, 0) is 37.1 Å². The molecule has 1 aliphatic heterocycles. The number of pyridine rings is 1. The second-order valence-electron chi connectivity index (χ2n) is 6.83. The summed E-state index contributed by atoms with van der Waals surface area (Å²) in [6, 6.07) is 7.93. The van der Waals surface area contributed by atoms with Crippen molar-refractivity contribution in [2.75, 3.05) is 11.9 Å². The van der Waals surface area contributed by atoms with E-state index in [1.165, 1.54) is 12.8 Å². The summed E-state index contributed by atoms with van der Waals surface area (Å²) in [5.41, 5.74) is 5.37. The number of anilines is 1. The number of hydrogen-bond acceptors (Lipinski definition) is 5. The summed E-state index contributed by atoms with van der Waals surface area (Å²) in [6.07, 6.45) is 3.63. The molecule has 0 spiro atoms. The second-order valence-corrected chi connectivity index (χ2v) is 6.83. The normalized spacial score (nSPS) is 19.1. The Kier molecular flexibility index (Phi) is 3.43. The van der Waals surface area contributed by atoms with Crippen LogP contribution >= 0.6 is 0 Å². The van der Waals surface area contributed by atoms with Crippen molar-refractivity contribution in [1.82, 2.24) is 15.2 Å². The number of amides is 1. The fraction of sp³-hybridized carbons (Fsp3) is 0.316. The van der Waals surface area contributed by atoms with Crippen LogP contribution in [0.2, 0.25) is 0 Å². The number of benzene rings is 1. The van der Waals surface area contributed by atoms with Gasteiger partial charge in [0.15, 0.2) is 0 Å². The number of nitrogens with zero attached hydrogens (tertiary/aromatic N) is 2. The highest BCUT2D eigenvalue weighted by Crippen LogP contribution is 2.41. The molecule has 1 aromatic carbocycles. The number of hydrogen-bond donors (Lipinski definition) is 3. The van der Waals surface area contributed by atoms with Crippen LogP contribution < -0.4 is 5.32 Å². The third-order valence-corrected chi connectivity index (χ3v) is 5.01. The smallest absolute Gasteiger partial charge is 0.412 e. The van der Waals surface area contributed by atoms with Crippen LogP contribution in [0.25, 0.3) is 22.2 Å². The summed E-state index contributed by atoms with van der Waals surface area (Å²) in [7, 11) is 0. The number of aromatic nitrogens is 3. The molecule has 1 saturated carbocycles. The van der Waals surface area contributed by atoms with Crippen molar-refractivity contribution in [2.45, 2.75) is 31.3 Å². The first-order chi connectivity index (χ1) is 12.7. The predicted octanol–water partition coefficient (Wildman–Crippen LogP) is 3.49. The molecular weight excluding hydrogens is 332 g/mol. The first-order valence-electron chi connectivity index (χ1n) is 8.80. The Labute approximate surface area is 149 Å². The summed E-state index contributed by atoms with van der Waals surface area (Å²) in [5.74, 6) is 0.575. The van der Waals surface area contributed by atoms with E-state index in [2.05, 4.69) is 26.6 Å². The van der Waals surface area contributed by atoms with Crippen molar-refractivity contribution in [3.8, 4) is 11.3 Å². The fourth-order valence-corrected chi connectivity index (χ4v) is 3.54. The average molecular weight is 350 g/mol. The van der Waals surface area contributed by atoms with Gasteiger partial charge in [0.2, 0.25) is 0 Å². The summed E-state index contributed by atoms with van der Waals surface area (Å²) < 4.78 is 5.33. The van der Waals surface area contributed by atoms with Crippen LogP contribution in [-0.4, -0.2) is 33.0 Å². The van der Waals surface area contributed by atoms with Crippen molar-refractivity contribution in [3.63, 3.8) is 0 Å². The Morgan fingerprint density at radius 1 is 1.27 bits per heavy atom. The van der Waals surface area contributed by atoms with Crippen LogP contribution in [0.3, 0.4) is 0 Å². The van der Waals surface area contributed by atoms with E-state index >= 15 is 0 Å². The van der Waals surface area contributed by atoms with E-state index in [4.69, 9.17) is 4.74 Å². The Bertz CT molecular complexity index is 1010. The Morgan fingerprint density at radius 2 is 2.15 bits per heavy atom. The molecule has 2 aliphatic rings. The minimum Gasteiger partial charge on any atom is -0.441 e. The number of aliphatic hydroxyl groups is 1. The van der Waals surface area contributed by atoms with Crippen LogP contribution in [-0.2, 0) is 4.74 Å². The molecular formula is C19H18N4O3. The van der Waals surface area contributed by atoms with Gasteiger partial charge in [-0.3, -0.25) is 15.4 Å². The number of aliphatic hydroxyl groups excluding tert-OH is 1. The fourth-order valence-electron chi connectivity index (χ4n) is 3.54. The monoisotopic (exact) mass is 350 g/mol. The highest BCUT2D eigenvalue weighted by atomic mass is 16.6. The van der Waals surface area contributed by atoms with Crippen LogP contribution in [0.1, 0.15) is 42.5 Å². The molecule has 0 bridgehead atoms. The number of cyclic esters (lactones) is 1. The molecule has 3 aromatic rings. The lowest BCUT2D eigenvalue weighted by Crippen LogP contribution is -2.25. The third-order valence-electron chi connectivity index (χ3n) is 5.01. The lowest BCUT2D eigenvalue weighted by molar-refractivity contribution is 0.0873. The van der Waals surface area contributed by atoms with Gasteiger partial charge in [0.05, 0.1) is 11.2 Å². The van der Waals surface area contributed by atoms with Crippen molar-refractivity contribution >= 4 is 22.7 Å². The molecule has 1 atom stereocenters. The molecule has 1 unspecified atom stereocenters. The zero-order valence-corrected chi connectivity index (χ0v) is 14.0. The molecule has 1 amide bonds. The molecule has 0 saturated heterocycles. The van der Waals surface area contributed by atoms with Gasteiger partial charge in [-0.15, -0.1) is 0 Å². The molecule has 0 radical (unpaired) electrons. The zero-order chi connectivity index (χ0) is 17.7. The van der Waals surface area contributed by atoms with Gasteiger partial charge in [0, 0.05) is 47.3 Å². The Balaban J connectivity index is 1.63. The summed E-state index contributed by atoms with van der Waals surface area (Å²) in [4.78, 5) is 16.2. The van der Waals surface area contributed by atoms with Gasteiger partial charge < -0.3 is 9.84 Å². The second kappa shape index (κ2) is 5.81. The van der Waals surface area contributed by atoms with E-state index < -0.39 is 12.2 Å². The maximum Gasteiger partial charge on any atom is 0.412 e. The van der Waals surface area contributed by atoms with Crippen molar-refractivity contribution in [3.05, 3.63) is 41.7 Å².